The molecule has 1 heterocycles. The van der Waals surface area contributed by atoms with E-state index in [4.69, 9.17) is 4.74 Å². The second-order valence-corrected chi connectivity index (χ2v) is 5.41. The zero-order valence-electron chi connectivity index (χ0n) is 12.3. The predicted molar refractivity (Wildman–Crippen MR) is 77.1 cm³/mol. The first-order chi connectivity index (χ1) is 9.29. The van der Waals surface area contributed by atoms with Gasteiger partial charge in [0.1, 0.15) is 0 Å². The lowest BCUT2D eigenvalue weighted by Gasteiger charge is -2.22. The molecule has 0 aromatic carbocycles. The molecule has 1 aromatic rings. The van der Waals surface area contributed by atoms with Crippen molar-refractivity contribution in [2.75, 3.05) is 13.2 Å². The van der Waals surface area contributed by atoms with Gasteiger partial charge in [-0.05, 0) is 25.3 Å². The lowest BCUT2D eigenvalue weighted by atomic mass is 9.98. The van der Waals surface area contributed by atoms with Crippen LogP contribution in [-0.4, -0.2) is 29.0 Å². The van der Waals surface area contributed by atoms with Crippen molar-refractivity contribution in [3.05, 3.63) is 17.5 Å². The van der Waals surface area contributed by atoms with Crippen LogP contribution in [0.25, 0.3) is 0 Å². The van der Waals surface area contributed by atoms with E-state index < -0.39 is 0 Å². The zero-order valence-corrected chi connectivity index (χ0v) is 12.3. The van der Waals surface area contributed by atoms with Crippen LogP contribution in [0.4, 0.5) is 0 Å². The van der Waals surface area contributed by atoms with E-state index in [0.717, 1.165) is 31.8 Å². The van der Waals surface area contributed by atoms with Gasteiger partial charge in [0.2, 0.25) is 0 Å². The third-order valence-electron chi connectivity index (χ3n) is 3.88. The van der Waals surface area contributed by atoms with Gasteiger partial charge in [0.15, 0.2) is 0 Å². The van der Waals surface area contributed by atoms with Gasteiger partial charge in [-0.3, -0.25) is 4.68 Å². The number of nitrogens with zero attached hydrogens (tertiary/aromatic N) is 2. The van der Waals surface area contributed by atoms with Crippen LogP contribution in [0.2, 0.25) is 0 Å². The molecule has 1 aliphatic rings. The quantitative estimate of drug-likeness (QED) is 0.770. The van der Waals surface area contributed by atoms with Crippen molar-refractivity contribution < 1.29 is 4.74 Å². The Balaban J connectivity index is 1.59. The normalized spacial score (nSPS) is 16.9. The van der Waals surface area contributed by atoms with Crippen molar-refractivity contribution in [2.24, 2.45) is 7.05 Å². The second kappa shape index (κ2) is 7.65. The first kappa shape index (κ1) is 14.5. The Morgan fingerprint density at radius 1 is 1.37 bits per heavy atom. The summed E-state index contributed by atoms with van der Waals surface area (Å²) < 4.78 is 7.86. The van der Waals surface area contributed by atoms with E-state index in [9.17, 15) is 0 Å². The molecule has 4 nitrogen and oxygen atoms in total. The fourth-order valence-corrected chi connectivity index (χ4v) is 2.66. The minimum Gasteiger partial charge on any atom is -0.377 e. The van der Waals surface area contributed by atoms with E-state index in [1.807, 2.05) is 11.7 Å². The topological polar surface area (TPSA) is 39.1 Å². The van der Waals surface area contributed by atoms with Crippen LogP contribution in [0.3, 0.4) is 0 Å². The first-order valence-corrected chi connectivity index (χ1v) is 7.63. The molecule has 0 spiro atoms. The summed E-state index contributed by atoms with van der Waals surface area (Å²) in [7, 11) is 2.01. The van der Waals surface area contributed by atoms with Gasteiger partial charge < -0.3 is 10.1 Å². The van der Waals surface area contributed by atoms with E-state index in [-0.39, 0.29) is 0 Å². The van der Waals surface area contributed by atoms with Crippen LogP contribution in [0, 0.1) is 0 Å². The largest absolute Gasteiger partial charge is 0.377 e. The average Bonchev–Trinajstić information content (AvgIpc) is 2.80. The maximum atomic E-state index is 5.89. The van der Waals surface area contributed by atoms with Gasteiger partial charge in [-0.1, -0.05) is 26.2 Å². The third-order valence-corrected chi connectivity index (χ3v) is 3.88. The number of hydrogen-bond donors (Lipinski definition) is 1. The van der Waals surface area contributed by atoms with E-state index in [0.29, 0.717) is 6.10 Å². The molecule has 19 heavy (non-hydrogen) atoms. The van der Waals surface area contributed by atoms with Crippen molar-refractivity contribution in [3.63, 3.8) is 0 Å². The Hall–Kier alpha value is -0.870. The fraction of sp³-hybridized carbons (Fsp3) is 0.800. The average molecular weight is 265 g/mol. The highest BCUT2D eigenvalue weighted by molar-refractivity contribution is 5.09. The highest BCUT2D eigenvalue weighted by atomic mass is 16.5. The van der Waals surface area contributed by atoms with Crippen molar-refractivity contribution in [1.29, 1.82) is 0 Å². The maximum absolute atomic E-state index is 5.89. The highest BCUT2D eigenvalue weighted by Gasteiger charge is 2.12. The third kappa shape index (κ3) is 4.62. The molecule has 108 valence electrons. The molecule has 0 bridgehead atoms. The van der Waals surface area contributed by atoms with E-state index >= 15 is 0 Å². The number of ether oxygens (including phenoxy) is 1. The summed E-state index contributed by atoms with van der Waals surface area (Å²) in [4.78, 5) is 0. The smallest absolute Gasteiger partial charge is 0.0625 e. The molecule has 2 rings (SSSR count). The minimum absolute atomic E-state index is 0.513. The molecule has 0 atom stereocenters. The number of aryl methyl sites for hydroxylation is 2. The molecule has 1 saturated carbocycles. The van der Waals surface area contributed by atoms with Gasteiger partial charge in [-0.15, -0.1) is 0 Å². The molecular weight excluding hydrogens is 238 g/mol. The lowest BCUT2D eigenvalue weighted by Crippen LogP contribution is -2.25. The van der Waals surface area contributed by atoms with Gasteiger partial charge in [0, 0.05) is 20.1 Å². The molecule has 0 radical (unpaired) electrons. The van der Waals surface area contributed by atoms with Crippen molar-refractivity contribution in [1.82, 2.24) is 15.1 Å². The Bertz CT molecular complexity index is 369. The molecule has 4 heteroatoms. The van der Waals surface area contributed by atoms with Crippen molar-refractivity contribution in [2.45, 2.75) is 58.1 Å². The molecule has 0 saturated heterocycles. The monoisotopic (exact) mass is 265 g/mol. The van der Waals surface area contributed by atoms with Gasteiger partial charge in [0.25, 0.3) is 0 Å². The maximum Gasteiger partial charge on any atom is 0.0625 e. The van der Waals surface area contributed by atoms with Crippen LogP contribution in [-0.2, 0) is 24.8 Å². The Labute approximate surface area is 116 Å². The summed E-state index contributed by atoms with van der Waals surface area (Å²) in [6, 6.07) is 2.18. The number of rotatable bonds is 7. The van der Waals surface area contributed by atoms with Crippen LogP contribution in [0.1, 0.15) is 50.4 Å². The highest BCUT2D eigenvalue weighted by Crippen LogP contribution is 2.19. The first-order valence-electron chi connectivity index (χ1n) is 7.63. The fourth-order valence-electron chi connectivity index (χ4n) is 2.66. The molecule has 1 aliphatic carbocycles. The summed E-state index contributed by atoms with van der Waals surface area (Å²) in [5.74, 6) is 0. The van der Waals surface area contributed by atoms with E-state index in [2.05, 4.69) is 23.4 Å². The van der Waals surface area contributed by atoms with Gasteiger partial charge in [-0.2, -0.15) is 5.10 Å². The number of aromatic nitrogens is 2. The number of nitrogens with one attached hydrogen (secondary N) is 1. The molecule has 0 unspecified atom stereocenters. The summed E-state index contributed by atoms with van der Waals surface area (Å²) >= 11 is 0. The molecule has 1 aromatic heterocycles. The van der Waals surface area contributed by atoms with Gasteiger partial charge >= 0.3 is 0 Å². The molecule has 1 N–H and O–H groups in total. The zero-order chi connectivity index (χ0) is 13.5. The predicted octanol–water partition coefficient (Wildman–Crippen LogP) is 2.42. The van der Waals surface area contributed by atoms with Crippen LogP contribution in [0.5, 0.6) is 0 Å². The van der Waals surface area contributed by atoms with Gasteiger partial charge in [-0.25, -0.2) is 0 Å². The SMILES string of the molecule is CCc1cc(CNCCOC2CCCCC2)n(C)n1. The summed E-state index contributed by atoms with van der Waals surface area (Å²) in [6.07, 6.45) is 8.08. The summed E-state index contributed by atoms with van der Waals surface area (Å²) in [5, 5.41) is 7.88. The minimum atomic E-state index is 0.513. The lowest BCUT2D eigenvalue weighted by molar-refractivity contribution is 0.0302. The molecular formula is C15H27N3O. The van der Waals surface area contributed by atoms with Crippen molar-refractivity contribution in [3.8, 4) is 0 Å². The Morgan fingerprint density at radius 3 is 2.84 bits per heavy atom. The molecule has 1 fully saturated rings. The molecule has 0 amide bonds. The van der Waals surface area contributed by atoms with Crippen molar-refractivity contribution >= 4 is 0 Å². The second-order valence-electron chi connectivity index (χ2n) is 5.41. The van der Waals surface area contributed by atoms with Gasteiger partial charge in [0.05, 0.1) is 24.1 Å². The van der Waals surface area contributed by atoms with E-state index in [1.54, 1.807) is 0 Å². The Morgan fingerprint density at radius 2 is 2.16 bits per heavy atom. The Kier molecular flexibility index (Phi) is 5.86. The standard InChI is InChI=1S/C15H27N3O/c1-3-13-11-14(18(2)17-13)12-16-9-10-19-15-7-5-4-6-8-15/h11,15-16H,3-10,12H2,1-2H3. The molecule has 0 aliphatic heterocycles. The van der Waals surface area contributed by atoms with E-state index in [1.165, 1.54) is 37.8 Å². The summed E-state index contributed by atoms with van der Waals surface area (Å²) in [5.41, 5.74) is 2.41. The van der Waals surface area contributed by atoms with Crippen LogP contribution < -0.4 is 5.32 Å². The van der Waals surface area contributed by atoms with Crippen LogP contribution in [0.15, 0.2) is 6.07 Å². The van der Waals surface area contributed by atoms with Crippen LogP contribution >= 0.6 is 0 Å². The number of hydrogen-bond acceptors (Lipinski definition) is 3. The summed E-state index contributed by atoms with van der Waals surface area (Å²) in [6.45, 7) is 4.75.